The molecular formula is C18H12ClF4N3O. The summed E-state index contributed by atoms with van der Waals surface area (Å²) in [5.41, 5.74) is 0.557. The van der Waals surface area contributed by atoms with Gasteiger partial charge >= 0.3 is 6.18 Å². The van der Waals surface area contributed by atoms with Crippen LogP contribution < -0.4 is 0 Å². The highest BCUT2D eigenvalue weighted by Gasteiger charge is 2.49. The number of amides is 1. The average Bonchev–Trinajstić information content (AvgIpc) is 3.02. The lowest BCUT2D eigenvalue weighted by atomic mass is 9.91. The molecule has 0 saturated carbocycles. The first-order valence-corrected chi connectivity index (χ1v) is 8.43. The Morgan fingerprint density at radius 1 is 1.19 bits per heavy atom. The Hall–Kier alpha value is -2.61. The predicted octanol–water partition coefficient (Wildman–Crippen LogP) is 4.43. The van der Waals surface area contributed by atoms with Crippen LogP contribution in [0, 0.1) is 5.82 Å². The van der Waals surface area contributed by atoms with Gasteiger partial charge < -0.3 is 4.90 Å². The summed E-state index contributed by atoms with van der Waals surface area (Å²) in [5.74, 6) is -1.45. The normalized spacial score (nSPS) is 17.2. The third kappa shape index (κ3) is 3.14. The molecule has 2 aromatic heterocycles. The lowest BCUT2D eigenvalue weighted by Crippen LogP contribution is -2.46. The van der Waals surface area contributed by atoms with Crippen LogP contribution in [0.5, 0.6) is 0 Å². The fraction of sp³-hybridized carbons (Fsp3) is 0.222. The van der Waals surface area contributed by atoms with E-state index in [2.05, 4.69) is 5.10 Å². The summed E-state index contributed by atoms with van der Waals surface area (Å²) in [6.45, 7) is -0.186. The molecular weight excluding hydrogens is 386 g/mol. The zero-order valence-electron chi connectivity index (χ0n) is 13.7. The standard InChI is InChI=1S/C18H12ClF4N3O/c19-11-1-3-13-8-15(24-26(13)9-11)17(27)25-6-5-10-7-12(20)2-4-14(10)16(25)18(21,22)23/h1-4,7-9,16H,5-6H2. The molecule has 9 heteroatoms. The summed E-state index contributed by atoms with van der Waals surface area (Å²) in [5, 5.41) is 4.43. The summed E-state index contributed by atoms with van der Waals surface area (Å²) < 4.78 is 56.1. The second-order valence-electron chi connectivity index (χ2n) is 6.28. The molecule has 0 fully saturated rings. The van der Waals surface area contributed by atoms with Gasteiger partial charge in [-0.25, -0.2) is 8.91 Å². The molecule has 0 saturated heterocycles. The Morgan fingerprint density at radius 2 is 1.96 bits per heavy atom. The number of hydrogen-bond acceptors (Lipinski definition) is 2. The monoisotopic (exact) mass is 397 g/mol. The van der Waals surface area contributed by atoms with Crippen molar-refractivity contribution in [2.75, 3.05) is 6.54 Å². The second-order valence-corrected chi connectivity index (χ2v) is 6.72. The number of benzene rings is 1. The van der Waals surface area contributed by atoms with Gasteiger partial charge in [0.15, 0.2) is 11.7 Å². The molecule has 1 amide bonds. The van der Waals surface area contributed by atoms with E-state index in [0.717, 1.165) is 23.1 Å². The highest BCUT2D eigenvalue weighted by Crippen LogP contribution is 2.42. The Labute approximate surface area is 156 Å². The third-order valence-electron chi connectivity index (χ3n) is 4.55. The summed E-state index contributed by atoms with van der Waals surface area (Å²) in [4.78, 5) is 13.6. The topological polar surface area (TPSA) is 37.6 Å². The molecule has 1 aliphatic rings. The molecule has 1 atom stereocenters. The maximum atomic E-state index is 13.8. The maximum absolute atomic E-state index is 13.8. The Kier molecular flexibility index (Phi) is 4.10. The van der Waals surface area contributed by atoms with Crippen LogP contribution in [0.2, 0.25) is 5.02 Å². The molecule has 4 nitrogen and oxygen atoms in total. The van der Waals surface area contributed by atoms with Crippen LogP contribution in [0.25, 0.3) is 5.52 Å². The fourth-order valence-electron chi connectivity index (χ4n) is 3.38. The van der Waals surface area contributed by atoms with Crippen LogP contribution >= 0.6 is 11.6 Å². The van der Waals surface area contributed by atoms with Crippen molar-refractivity contribution in [1.29, 1.82) is 0 Å². The van der Waals surface area contributed by atoms with E-state index in [1.165, 1.54) is 16.8 Å². The summed E-state index contributed by atoms with van der Waals surface area (Å²) in [6, 6.07) is 5.61. The Balaban J connectivity index is 1.76. The number of halogens is 5. The van der Waals surface area contributed by atoms with Gasteiger partial charge in [0.1, 0.15) is 5.82 Å². The minimum atomic E-state index is -4.70. The van der Waals surface area contributed by atoms with Gasteiger partial charge in [-0.3, -0.25) is 4.79 Å². The lowest BCUT2D eigenvalue weighted by molar-refractivity contribution is -0.181. The fourth-order valence-corrected chi connectivity index (χ4v) is 3.54. The van der Waals surface area contributed by atoms with E-state index in [1.54, 1.807) is 12.1 Å². The van der Waals surface area contributed by atoms with Gasteiger partial charge in [0, 0.05) is 12.7 Å². The van der Waals surface area contributed by atoms with E-state index < -0.39 is 23.9 Å². The molecule has 0 spiro atoms. The first-order valence-electron chi connectivity index (χ1n) is 8.05. The molecule has 140 valence electrons. The Bertz CT molecular complexity index is 1050. The van der Waals surface area contributed by atoms with Crippen LogP contribution in [0.15, 0.2) is 42.6 Å². The number of nitrogens with zero attached hydrogens (tertiary/aromatic N) is 3. The minimum Gasteiger partial charge on any atom is -0.321 e. The van der Waals surface area contributed by atoms with Crippen LogP contribution in [0.1, 0.15) is 27.7 Å². The van der Waals surface area contributed by atoms with Crippen molar-refractivity contribution in [1.82, 2.24) is 14.5 Å². The minimum absolute atomic E-state index is 0.114. The number of hydrogen-bond donors (Lipinski definition) is 0. The molecule has 1 aromatic carbocycles. The van der Waals surface area contributed by atoms with E-state index in [0.29, 0.717) is 10.5 Å². The Morgan fingerprint density at radius 3 is 2.70 bits per heavy atom. The SMILES string of the molecule is O=C(c1cc2ccc(Cl)cn2n1)N1CCc2cc(F)ccc2C1C(F)(F)F. The molecule has 0 bridgehead atoms. The van der Waals surface area contributed by atoms with Gasteiger partial charge in [-0.1, -0.05) is 17.7 Å². The lowest BCUT2D eigenvalue weighted by Gasteiger charge is -2.37. The summed E-state index contributed by atoms with van der Waals surface area (Å²) in [6.07, 6.45) is -3.11. The first-order chi connectivity index (χ1) is 12.7. The van der Waals surface area contributed by atoms with Gasteiger partial charge in [-0.15, -0.1) is 0 Å². The van der Waals surface area contributed by atoms with Crippen molar-refractivity contribution < 1.29 is 22.4 Å². The molecule has 27 heavy (non-hydrogen) atoms. The van der Waals surface area contributed by atoms with E-state index in [-0.39, 0.29) is 29.8 Å². The van der Waals surface area contributed by atoms with E-state index in [4.69, 9.17) is 11.6 Å². The molecule has 3 heterocycles. The number of pyridine rings is 1. The van der Waals surface area contributed by atoms with E-state index in [1.807, 2.05) is 0 Å². The quantitative estimate of drug-likeness (QED) is 0.570. The molecule has 1 unspecified atom stereocenters. The molecule has 3 aromatic rings. The maximum Gasteiger partial charge on any atom is 0.413 e. The van der Waals surface area contributed by atoms with Crippen molar-refractivity contribution in [3.05, 3.63) is 70.3 Å². The van der Waals surface area contributed by atoms with Gasteiger partial charge in [0.05, 0.1) is 10.5 Å². The van der Waals surface area contributed by atoms with Crippen molar-refractivity contribution >= 4 is 23.0 Å². The molecule has 0 N–H and O–H groups in total. The van der Waals surface area contributed by atoms with Crippen molar-refractivity contribution in [2.24, 2.45) is 0 Å². The van der Waals surface area contributed by atoms with Crippen molar-refractivity contribution in [3.8, 4) is 0 Å². The number of aromatic nitrogens is 2. The van der Waals surface area contributed by atoms with Crippen LogP contribution in [0.4, 0.5) is 17.6 Å². The summed E-state index contributed by atoms with van der Waals surface area (Å²) >= 11 is 5.87. The zero-order chi connectivity index (χ0) is 19.3. The first kappa shape index (κ1) is 17.8. The van der Waals surface area contributed by atoms with Crippen molar-refractivity contribution in [3.63, 3.8) is 0 Å². The highest BCUT2D eigenvalue weighted by molar-refractivity contribution is 6.30. The zero-order valence-corrected chi connectivity index (χ0v) is 14.4. The number of fused-ring (bicyclic) bond motifs is 2. The molecule has 0 radical (unpaired) electrons. The second kappa shape index (κ2) is 6.23. The van der Waals surface area contributed by atoms with Gasteiger partial charge in [-0.2, -0.15) is 18.3 Å². The smallest absolute Gasteiger partial charge is 0.321 e. The molecule has 4 rings (SSSR count). The number of rotatable bonds is 1. The number of carbonyl (C=O) groups is 1. The summed E-state index contributed by atoms with van der Waals surface area (Å²) in [7, 11) is 0. The molecule has 1 aliphatic heterocycles. The van der Waals surface area contributed by atoms with Crippen molar-refractivity contribution in [2.45, 2.75) is 18.6 Å². The third-order valence-corrected chi connectivity index (χ3v) is 4.77. The van der Waals surface area contributed by atoms with Gasteiger partial charge in [0.2, 0.25) is 0 Å². The van der Waals surface area contributed by atoms with E-state index >= 15 is 0 Å². The van der Waals surface area contributed by atoms with Gasteiger partial charge in [0.25, 0.3) is 5.91 Å². The predicted molar refractivity (Wildman–Crippen MR) is 90.1 cm³/mol. The molecule has 0 aliphatic carbocycles. The highest BCUT2D eigenvalue weighted by atomic mass is 35.5. The number of alkyl halides is 3. The van der Waals surface area contributed by atoms with Crippen LogP contribution in [-0.2, 0) is 6.42 Å². The average molecular weight is 398 g/mol. The largest absolute Gasteiger partial charge is 0.413 e. The van der Waals surface area contributed by atoms with E-state index in [9.17, 15) is 22.4 Å². The van der Waals surface area contributed by atoms with Crippen LogP contribution in [0.3, 0.4) is 0 Å². The van der Waals surface area contributed by atoms with Crippen LogP contribution in [-0.4, -0.2) is 33.1 Å². The number of carbonyl (C=O) groups excluding carboxylic acids is 1. The van der Waals surface area contributed by atoms with Gasteiger partial charge in [-0.05, 0) is 47.9 Å².